The summed E-state index contributed by atoms with van der Waals surface area (Å²) in [5.41, 5.74) is 1.18. The average Bonchev–Trinajstić information content (AvgIpc) is 2.45. The SMILES string of the molecule is CCN(Cc1ccccc1)C(=O)NC1CCCC(C)C1. The Morgan fingerprint density at radius 3 is 2.70 bits per heavy atom. The fraction of sp³-hybridized carbons (Fsp3) is 0.588. The van der Waals surface area contributed by atoms with Crippen molar-refractivity contribution < 1.29 is 4.79 Å². The quantitative estimate of drug-likeness (QED) is 0.890. The summed E-state index contributed by atoms with van der Waals surface area (Å²) in [5, 5.41) is 3.21. The molecule has 3 nitrogen and oxygen atoms in total. The Morgan fingerprint density at radius 2 is 2.05 bits per heavy atom. The second-order valence-electron chi connectivity index (χ2n) is 5.92. The molecule has 0 aliphatic heterocycles. The van der Waals surface area contributed by atoms with Gasteiger partial charge in [0.25, 0.3) is 0 Å². The third-order valence-corrected chi connectivity index (χ3v) is 4.15. The van der Waals surface area contributed by atoms with Gasteiger partial charge in [0.05, 0.1) is 0 Å². The molecule has 2 atom stereocenters. The Kier molecular flexibility index (Phi) is 5.45. The Balaban J connectivity index is 1.88. The van der Waals surface area contributed by atoms with Gasteiger partial charge < -0.3 is 10.2 Å². The number of carbonyl (C=O) groups is 1. The first-order valence-electron chi connectivity index (χ1n) is 7.78. The lowest BCUT2D eigenvalue weighted by Crippen LogP contribution is -2.45. The largest absolute Gasteiger partial charge is 0.335 e. The van der Waals surface area contributed by atoms with E-state index in [0.29, 0.717) is 12.6 Å². The molecular weight excluding hydrogens is 248 g/mol. The molecule has 110 valence electrons. The van der Waals surface area contributed by atoms with Gasteiger partial charge in [0.2, 0.25) is 0 Å². The Morgan fingerprint density at radius 1 is 1.30 bits per heavy atom. The smallest absolute Gasteiger partial charge is 0.317 e. The third-order valence-electron chi connectivity index (χ3n) is 4.15. The monoisotopic (exact) mass is 274 g/mol. The van der Waals surface area contributed by atoms with Crippen molar-refractivity contribution in [3.05, 3.63) is 35.9 Å². The van der Waals surface area contributed by atoms with E-state index in [1.807, 2.05) is 30.0 Å². The van der Waals surface area contributed by atoms with Crippen molar-refractivity contribution in [1.29, 1.82) is 0 Å². The molecule has 0 spiro atoms. The zero-order valence-corrected chi connectivity index (χ0v) is 12.6. The highest BCUT2D eigenvalue weighted by Gasteiger charge is 2.22. The zero-order chi connectivity index (χ0) is 14.4. The molecule has 0 heterocycles. The van der Waals surface area contributed by atoms with Crippen molar-refractivity contribution in [1.82, 2.24) is 10.2 Å². The number of nitrogens with one attached hydrogen (secondary N) is 1. The number of hydrogen-bond donors (Lipinski definition) is 1. The number of carbonyl (C=O) groups excluding carboxylic acids is 1. The summed E-state index contributed by atoms with van der Waals surface area (Å²) in [6.45, 7) is 5.74. The summed E-state index contributed by atoms with van der Waals surface area (Å²) in [6.07, 6.45) is 4.78. The van der Waals surface area contributed by atoms with Gasteiger partial charge in [0.15, 0.2) is 0 Å². The molecule has 1 aromatic carbocycles. The van der Waals surface area contributed by atoms with E-state index in [-0.39, 0.29) is 6.03 Å². The average molecular weight is 274 g/mol. The van der Waals surface area contributed by atoms with Crippen LogP contribution in [-0.2, 0) is 6.54 Å². The van der Waals surface area contributed by atoms with Gasteiger partial charge in [-0.05, 0) is 31.2 Å². The van der Waals surface area contributed by atoms with Gasteiger partial charge in [0, 0.05) is 19.1 Å². The fourth-order valence-electron chi connectivity index (χ4n) is 2.96. The number of rotatable bonds is 4. The first kappa shape index (κ1) is 14.9. The molecule has 1 N–H and O–H groups in total. The summed E-state index contributed by atoms with van der Waals surface area (Å²) in [6, 6.07) is 10.6. The maximum atomic E-state index is 12.4. The molecule has 0 bridgehead atoms. The Labute approximate surface area is 122 Å². The number of amides is 2. The maximum absolute atomic E-state index is 12.4. The van der Waals surface area contributed by atoms with Crippen LogP contribution < -0.4 is 5.32 Å². The fourth-order valence-corrected chi connectivity index (χ4v) is 2.96. The highest BCUT2D eigenvalue weighted by atomic mass is 16.2. The van der Waals surface area contributed by atoms with Crippen molar-refractivity contribution in [2.45, 2.75) is 52.1 Å². The van der Waals surface area contributed by atoms with Gasteiger partial charge in [-0.25, -0.2) is 4.79 Å². The van der Waals surface area contributed by atoms with Crippen LogP contribution in [0.4, 0.5) is 4.79 Å². The topological polar surface area (TPSA) is 32.3 Å². The van der Waals surface area contributed by atoms with E-state index in [1.165, 1.54) is 18.4 Å². The number of urea groups is 1. The molecule has 1 aliphatic rings. The maximum Gasteiger partial charge on any atom is 0.317 e. The predicted molar refractivity (Wildman–Crippen MR) is 82.5 cm³/mol. The minimum absolute atomic E-state index is 0.0791. The van der Waals surface area contributed by atoms with E-state index >= 15 is 0 Å². The lowest BCUT2D eigenvalue weighted by Gasteiger charge is -2.30. The van der Waals surface area contributed by atoms with Crippen LogP contribution in [0, 0.1) is 5.92 Å². The van der Waals surface area contributed by atoms with Crippen LogP contribution in [0.15, 0.2) is 30.3 Å². The zero-order valence-electron chi connectivity index (χ0n) is 12.6. The molecule has 2 unspecified atom stereocenters. The van der Waals surface area contributed by atoms with Crippen LogP contribution in [0.25, 0.3) is 0 Å². The van der Waals surface area contributed by atoms with Crippen molar-refractivity contribution in [3.63, 3.8) is 0 Å². The first-order valence-corrected chi connectivity index (χ1v) is 7.78. The van der Waals surface area contributed by atoms with E-state index in [4.69, 9.17) is 0 Å². The van der Waals surface area contributed by atoms with Gasteiger partial charge in [-0.3, -0.25) is 0 Å². The van der Waals surface area contributed by atoms with E-state index in [0.717, 1.165) is 25.3 Å². The molecule has 3 heteroatoms. The molecule has 2 amide bonds. The second kappa shape index (κ2) is 7.32. The lowest BCUT2D eigenvalue weighted by atomic mass is 9.87. The molecule has 0 saturated heterocycles. The van der Waals surface area contributed by atoms with Gasteiger partial charge in [-0.15, -0.1) is 0 Å². The number of nitrogens with zero attached hydrogens (tertiary/aromatic N) is 1. The minimum atomic E-state index is 0.0791. The van der Waals surface area contributed by atoms with E-state index in [2.05, 4.69) is 24.4 Å². The van der Waals surface area contributed by atoms with E-state index < -0.39 is 0 Å². The normalized spacial score (nSPS) is 22.3. The lowest BCUT2D eigenvalue weighted by molar-refractivity contribution is 0.186. The molecule has 1 saturated carbocycles. The first-order chi connectivity index (χ1) is 9.69. The molecule has 2 rings (SSSR count). The summed E-state index contributed by atoms with van der Waals surface area (Å²) in [5.74, 6) is 0.734. The molecule has 0 aromatic heterocycles. The second-order valence-corrected chi connectivity index (χ2v) is 5.92. The Hall–Kier alpha value is -1.51. The van der Waals surface area contributed by atoms with E-state index in [9.17, 15) is 4.79 Å². The van der Waals surface area contributed by atoms with Crippen LogP contribution in [0.2, 0.25) is 0 Å². The molecule has 1 aromatic rings. The molecule has 20 heavy (non-hydrogen) atoms. The Bertz CT molecular complexity index is 418. The standard InChI is InChI=1S/C17H26N2O/c1-3-19(13-15-9-5-4-6-10-15)17(20)18-16-11-7-8-14(2)12-16/h4-6,9-10,14,16H,3,7-8,11-13H2,1-2H3,(H,18,20). The molecule has 1 fully saturated rings. The van der Waals surface area contributed by atoms with E-state index in [1.54, 1.807) is 0 Å². The van der Waals surface area contributed by atoms with Gasteiger partial charge in [-0.2, -0.15) is 0 Å². The van der Waals surface area contributed by atoms with Crippen LogP contribution in [0.1, 0.15) is 45.1 Å². The third kappa shape index (κ3) is 4.26. The predicted octanol–water partition coefficient (Wildman–Crippen LogP) is 3.80. The summed E-state index contributed by atoms with van der Waals surface area (Å²) < 4.78 is 0. The van der Waals surface area contributed by atoms with Crippen molar-refractivity contribution >= 4 is 6.03 Å². The van der Waals surface area contributed by atoms with Gasteiger partial charge >= 0.3 is 6.03 Å². The van der Waals surface area contributed by atoms with Gasteiger partial charge in [0.1, 0.15) is 0 Å². The highest BCUT2D eigenvalue weighted by molar-refractivity contribution is 5.74. The summed E-state index contributed by atoms with van der Waals surface area (Å²) in [4.78, 5) is 14.3. The van der Waals surface area contributed by atoms with Crippen LogP contribution in [-0.4, -0.2) is 23.5 Å². The molecular formula is C17H26N2O. The summed E-state index contributed by atoms with van der Waals surface area (Å²) in [7, 11) is 0. The minimum Gasteiger partial charge on any atom is -0.335 e. The van der Waals surface area contributed by atoms with Crippen LogP contribution in [0.5, 0.6) is 0 Å². The summed E-state index contributed by atoms with van der Waals surface area (Å²) >= 11 is 0. The molecule has 0 radical (unpaired) electrons. The number of benzene rings is 1. The molecule has 1 aliphatic carbocycles. The van der Waals surface area contributed by atoms with Crippen molar-refractivity contribution in [2.75, 3.05) is 6.54 Å². The number of hydrogen-bond acceptors (Lipinski definition) is 1. The highest BCUT2D eigenvalue weighted by Crippen LogP contribution is 2.23. The van der Waals surface area contributed by atoms with Crippen molar-refractivity contribution in [2.24, 2.45) is 5.92 Å². The van der Waals surface area contributed by atoms with Crippen LogP contribution in [0.3, 0.4) is 0 Å². The van der Waals surface area contributed by atoms with Gasteiger partial charge in [-0.1, -0.05) is 50.1 Å². The van der Waals surface area contributed by atoms with Crippen molar-refractivity contribution in [3.8, 4) is 0 Å². The van der Waals surface area contributed by atoms with Crippen LogP contribution >= 0.6 is 0 Å².